The van der Waals surface area contributed by atoms with Gasteiger partial charge in [0, 0.05) is 12.0 Å². The molecule has 1 aliphatic heterocycles. The van der Waals surface area contributed by atoms with Crippen molar-refractivity contribution in [3.05, 3.63) is 17.7 Å². The van der Waals surface area contributed by atoms with Crippen LogP contribution in [0.25, 0.3) is 0 Å². The Hall–Kier alpha value is -1.02. The summed E-state index contributed by atoms with van der Waals surface area (Å²) >= 11 is -3.38. The van der Waals surface area contributed by atoms with E-state index in [2.05, 4.69) is 0 Å². The third-order valence-corrected chi connectivity index (χ3v) is 3.62. The first kappa shape index (κ1) is 12.4. The summed E-state index contributed by atoms with van der Waals surface area (Å²) in [6, 6.07) is 2.54. The first-order chi connectivity index (χ1) is 7.91. The molecular weight excluding hydrogens is 294 g/mol. The Morgan fingerprint density at radius 3 is 2.41 bits per heavy atom. The predicted molar refractivity (Wildman–Crippen MR) is 51.2 cm³/mol. The lowest BCUT2D eigenvalue weighted by Gasteiger charge is -2.17. The molecule has 1 heterocycles. The summed E-state index contributed by atoms with van der Waals surface area (Å²) in [7, 11) is 0. The van der Waals surface area contributed by atoms with Gasteiger partial charge in [0.1, 0.15) is 3.93 Å². The second-order valence-electron chi connectivity index (χ2n) is 4.01. The number of phenols is 2. The Morgan fingerprint density at radius 1 is 1.24 bits per heavy atom. The van der Waals surface area contributed by atoms with E-state index in [0.717, 1.165) is 5.56 Å². The summed E-state index contributed by atoms with van der Waals surface area (Å²) < 4.78 is 26.1. The predicted octanol–water partition coefficient (Wildman–Crippen LogP) is -0.572. The van der Waals surface area contributed by atoms with Crippen molar-refractivity contribution in [1.29, 1.82) is 0 Å². The summed E-state index contributed by atoms with van der Waals surface area (Å²) in [5, 5.41) is 20.1. The molecule has 7 heteroatoms. The van der Waals surface area contributed by atoms with Gasteiger partial charge in [-0.05, 0) is 18.6 Å². The van der Waals surface area contributed by atoms with Crippen molar-refractivity contribution in [3.63, 3.8) is 0 Å². The van der Waals surface area contributed by atoms with Gasteiger partial charge in [-0.1, -0.05) is 6.92 Å². The van der Waals surface area contributed by atoms with Crippen LogP contribution in [0.5, 0.6) is 11.5 Å². The van der Waals surface area contributed by atoms with Gasteiger partial charge in [0.15, 0.2) is 11.5 Å². The van der Waals surface area contributed by atoms with Crippen LogP contribution in [0.3, 0.4) is 0 Å². The zero-order valence-electron chi connectivity index (χ0n) is 9.25. The summed E-state index contributed by atoms with van der Waals surface area (Å²) in [5.41, 5.74) is 1.21. The van der Waals surface area contributed by atoms with E-state index in [-0.39, 0.29) is 23.5 Å². The zero-order chi connectivity index (χ0) is 12.7. The molecule has 0 bridgehead atoms. The smallest absolute Gasteiger partial charge is 0.472 e. The average Bonchev–Trinajstić information content (AvgIpc) is 2.45. The Kier molecular flexibility index (Phi) is 3.17. The van der Waals surface area contributed by atoms with Crippen LogP contribution < -0.4 is 13.5 Å². The Labute approximate surface area is 103 Å². The van der Waals surface area contributed by atoms with Crippen LogP contribution >= 0.6 is 0 Å². The van der Waals surface area contributed by atoms with Crippen molar-refractivity contribution in [3.8, 4) is 11.5 Å². The van der Waals surface area contributed by atoms with E-state index < -0.39 is 14.8 Å². The fourth-order valence-corrected chi connectivity index (χ4v) is 2.65. The molecule has 0 radical (unpaired) electrons. The van der Waals surface area contributed by atoms with Crippen LogP contribution in [0, 0.1) is 14.8 Å². The van der Waals surface area contributed by atoms with Crippen LogP contribution in [0.4, 0.5) is 5.69 Å². The van der Waals surface area contributed by atoms with Gasteiger partial charge >= 0.3 is 14.8 Å². The minimum Gasteiger partial charge on any atom is -0.504 e. The van der Waals surface area contributed by atoms with Gasteiger partial charge in [0.05, 0.1) is 11.7 Å². The number of benzene rings is 1. The molecule has 2 atom stereocenters. The summed E-state index contributed by atoms with van der Waals surface area (Å²) in [4.78, 5) is 0. The third-order valence-electron chi connectivity index (χ3n) is 3.08. The first-order valence-corrected chi connectivity index (χ1v) is 6.95. The van der Waals surface area contributed by atoms with Crippen molar-refractivity contribution < 1.29 is 37.4 Å². The maximum absolute atomic E-state index is 10.7. The number of fused-ring (bicyclic) bond motifs is 1. The first-order valence-electron chi connectivity index (χ1n) is 5.01. The molecule has 2 unspecified atom stereocenters. The third kappa shape index (κ3) is 2.06. The van der Waals surface area contributed by atoms with E-state index in [0.29, 0.717) is 5.69 Å². The van der Waals surface area contributed by atoms with Crippen LogP contribution in [0.15, 0.2) is 12.1 Å². The molecule has 0 amide bonds. The molecule has 2 N–H and O–H groups in total. The Balaban J connectivity index is 2.44. The molecule has 0 spiro atoms. The molecule has 1 aliphatic rings. The zero-order valence-corrected chi connectivity index (χ0v) is 10.8. The van der Waals surface area contributed by atoms with Crippen LogP contribution in [0.2, 0.25) is 0 Å². The highest BCUT2D eigenvalue weighted by Gasteiger charge is 2.40. The van der Waals surface area contributed by atoms with Gasteiger partial charge in [0.2, 0.25) is 0 Å². The van der Waals surface area contributed by atoms with Crippen molar-refractivity contribution in [2.45, 2.75) is 25.8 Å². The van der Waals surface area contributed by atoms with Gasteiger partial charge in [0.25, 0.3) is 0 Å². The van der Waals surface area contributed by atoms with Crippen LogP contribution in [-0.2, 0) is 3.93 Å². The van der Waals surface area contributed by atoms with E-state index in [4.69, 9.17) is 3.93 Å². The van der Waals surface area contributed by atoms with E-state index in [1.165, 1.54) is 17.2 Å². The average molecular weight is 306 g/mol. The van der Waals surface area contributed by atoms with Crippen molar-refractivity contribution >= 4 is 5.69 Å². The monoisotopic (exact) mass is 305 g/mol. The summed E-state index contributed by atoms with van der Waals surface area (Å²) in [6.07, 6.45) is 0. The van der Waals surface area contributed by atoms with Gasteiger partial charge in [-0.3, -0.25) is 0 Å². The molecule has 94 valence electrons. The normalized spacial score (nSPS) is 23.2. The topological polar surface area (TPSA) is 99.1 Å². The molecule has 0 saturated heterocycles. The van der Waals surface area contributed by atoms with Crippen LogP contribution in [0.1, 0.15) is 25.3 Å². The number of hydroxylamine groups is 1. The van der Waals surface area contributed by atoms with E-state index >= 15 is 0 Å². The molecule has 1 aromatic carbocycles. The maximum Gasteiger partial charge on any atom is 0.472 e. The SMILES string of the molecule is CC1c2cc(O)c(O)cc2N(O[Br+2]([O-])[O-])C1C. The number of rotatable bonds is 2. The molecule has 0 aromatic heterocycles. The highest BCUT2D eigenvalue weighted by atomic mass is 80.0. The van der Waals surface area contributed by atoms with Gasteiger partial charge in [-0.2, -0.15) is 5.06 Å². The number of phenolic OH excluding ortho intramolecular Hbond substituents is 2. The molecule has 6 nitrogen and oxygen atoms in total. The van der Waals surface area contributed by atoms with Gasteiger partial charge in [-0.15, -0.1) is 0 Å². The standard InChI is InChI=1S/C10H12BrNO5/c1-5-6(2)12(17-11(15)16)8-4-10(14)9(13)3-7(5)8/h3-6,13-14H,1-2H3. The number of hydrogen-bond acceptors (Lipinski definition) is 6. The van der Waals surface area contributed by atoms with Crippen molar-refractivity contribution in [1.82, 2.24) is 0 Å². The van der Waals surface area contributed by atoms with E-state index in [9.17, 15) is 18.6 Å². The quantitative estimate of drug-likeness (QED) is 0.710. The number of halogens is 1. The molecule has 2 rings (SSSR count). The lowest BCUT2D eigenvalue weighted by molar-refractivity contribution is -1.63. The van der Waals surface area contributed by atoms with Gasteiger partial charge in [-0.25, -0.2) is 0 Å². The number of aromatic hydroxyl groups is 2. The molecule has 0 saturated carbocycles. The largest absolute Gasteiger partial charge is 0.504 e. The van der Waals surface area contributed by atoms with E-state index in [1.54, 1.807) is 0 Å². The molecular formula is C10H12BrNO5. The molecule has 1 aromatic rings. The van der Waals surface area contributed by atoms with E-state index in [1.807, 2.05) is 13.8 Å². The minimum atomic E-state index is -3.38. The fraction of sp³-hybridized carbons (Fsp3) is 0.400. The number of anilines is 1. The Morgan fingerprint density at radius 2 is 1.82 bits per heavy atom. The number of nitrogens with zero attached hydrogens (tertiary/aromatic N) is 1. The maximum atomic E-state index is 10.7. The van der Waals surface area contributed by atoms with Crippen LogP contribution in [-0.4, -0.2) is 16.3 Å². The molecule has 0 fully saturated rings. The Bertz CT molecular complexity index is 439. The second kappa shape index (κ2) is 4.34. The van der Waals surface area contributed by atoms with Crippen molar-refractivity contribution in [2.24, 2.45) is 0 Å². The highest BCUT2D eigenvalue weighted by Crippen LogP contribution is 2.45. The lowest BCUT2D eigenvalue weighted by atomic mass is 9.98. The van der Waals surface area contributed by atoms with Crippen molar-refractivity contribution in [2.75, 3.05) is 5.06 Å². The lowest BCUT2D eigenvalue weighted by Crippen LogP contribution is -2.43. The summed E-state index contributed by atoms with van der Waals surface area (Å²) in [5.74, 6) is -0.526. The summed E-state index contributed by atoms with van der Waals surface area (Å²) in [6.45, 7) is 3.70. The second-order valence-corrected chi connectivity index (χ2v) is 5.10. The van der Waals surface area contributed by atoms with Gasteiger partial charge < -0.3 is 18.6 Å². The molecule has 0 aliphatic carbocycles. The minimum absolute atomic E-state index is 0.00162. The highest BCUT2D eigenvalue weighted by molar-refractivity contribution is 5.65. The molecule has 17 heavy (non-hydrogen) atoms. The fourth-order valence-electron chi connectivity index (χ4n) is 1.98. The number of hydrogen-bond donors (Lipinski definition) is 2.